The molecule has 0 aliphatic carbocycles. The lowest BCUT2D eigenvalue weighted by molar-refractivity contribution is -0.206. The molecule has 1 rings (SSSR count). The van der Waals surface area contributed by atoms with Crippen molar-refractivity contribution in [3.05, 3.63) is 29.8 Å². The minimum atomic E-state index is -4.63. The predicted molar refractivity (Wildman–Crippen MR) is 57.9 cm³/mol. The first kappa shape index (κ1) is 13.8. The number of alkyl halides is 3. The molecule has 2 nitrogen and oxygen atoms in total. The van der Waals surface area contributed by atoms with Crippen molar-refractivity contribution in [3.8, 4) is 5.75 Å². The van der Waals surface area contributed by atoms with Gasteiger partial charge in [0.25, 0.3) is 0 Å². The molecule has 0 saturated heterocycles. The van der Waals surface area contributed by atoms with E-state index in [-0.39, 0.29) is 5.56 Å². The van der Waals surface area contributed by atoms with Gasteiger partial charge in [0.1, 0.15) is 5.75 Å². The Labute approximate surface area is 98.0 Å². The molecule has 0 fully saturated rings. The number of ether oxygens (including phenoxy) is 1. The summed E-state index contributed by atoms with van der Waals surface area (Å²) in [6.45, 7) is 2.56. The Bertz CT molecular complexity index is 333. The number of hydrogen-bond acceptors (Lipinski definition) is 2. The first-order chi connectivity index (χ1) is 7.95. The molecule has 1 aromatic rings. The highest BCUT2D eigenvalue weighted by molar-refractivity contribution is 5.29. The first-order valence-corrected chi connectivity index (χ1v) is 5.42. The molecule has 5 heteroatoms. The number of aliphatic hydroxyl groups excluding tert-OH is 1. The number of halogens is 3. The van der Waals surface area contributed by atoms with Crippen LogP contribution in [-0.2, 0) is 0 Å². The Balaban J connectivity index is 2.61. The fraction of sp³-hybridized carbons (Fsp3) is 0.500. The molecule has 96 valence electrons. The van der Waals surface area contributed by atoms with Gasteiger partial charge in [0.2, 0.25) is 0 Å². The third kappa shape index (κ3) is 4.26. The number of aliphatic hydroxyl groups is 1. The molecule has 0 aliphatic heterocycles. The standard InChI is InChI=1S/C12H15F3O2/c1-2-3-8-17-10-6-4-9(5-7-10)11(16)12(13,14)15/h4-7,11,16H,2-3,8H2,1H3. The Hall–Kier alpha value is -1.23. The minimum Gasteiger partial charge on any atom is -0.494 e. The third-order valence-corrected chi connectivity index (χ3v) is 2.27. The summed E-state index contributed by atoms with van der Waals surface area (Å²) in [5.74, 6) is 0.511. The zero-order chi connectivity index (χ0) is 12.9. The third-order valence-electron chi connectivity index (χ3n) is 2.27. The summed E-state index contributed by atoms with van der Waals surface area (Å²) < 4.78 is 41.9. The van der Waals surface area contributed by atoms with Crippen LogP contribution in [0.25, 0.3) is 0 Å². The van der Waals surface area contributed by atoms with Crippen LogP contribution in [0.2, 0.25) is 0 Å². The molecule has 0 saturated carbocycles. The lowest BCUT2D eigenvalue weighted by Gasteiger charge is -2.15. The van der Waals surface area contributed by atoms with E-state index in [1.165, 1.54) is 24.3 Å². The molecule has 0 radical (unpaired) electrons. The summed E-state index contributed by atoms with van der Waals surface area (Å²) in [4.78, 5) is 0. The van der Waals surface area contributed by atoms with Crippen molar-refractivity contribution in [2.24, 2.45) is 0 Å². The number of unbranched alkanes of at least 4 members (excludes halogenated alkanes) is 1. The van der Waals surface area contributed by atoms with E-state index in [1.807, 2.05) is 6.92 Å². The van der Waals surface area contributed by atoms with E-state index < -0.39 is 12.3 Å². The van der Waals surface area contributed by atoms with Crippen molar-refractivity contribution < 1.29 is 23.0 Å². The quantitative estimate of drug-likeness (QED) is 0.808. The summed E-state index contributed by atoms with van der Waals surface area (Å²) in [5.41, 5.74) is -0.180. The van der Waals surface area contributed by atoms with Crippen molar-refractivity contribution in [2.75, 3.05) is 6.61 Å². The Morgan fingerprint density at radius 2 is 1.82 bits per heavy atom. The second kappa shape index (κ2) is 5.91. The van der Waals surface area contributed by atoms with Crippen molar-refractivity contribution >= 4 is 0 Å². The molecule has 0 spiro atoms. The highest BCUT2D eigenvalue weighted by Gasteiger charge is 2.39. The average molecular weight is 248 g/mol. The van der Waals surface area contributed by atoms with E-state index in [9.17, 15) is 13.2 Å². The van der Waals surface area contributed by atoms with Gasteiger partial charge in [-0.2, -0.15) is 13.2 Å². The lowest BCUT2D eigenvalue weighted by atomic mass is 10.1. The van der Waals surface area contributed by atoms with Crippen molar-refractivity contribution in [3.63, 3.8) is 0 Å². The van der Waals surface area contributed by atoms with Gasteiger partial charge < -0.3 is 9.84 Å². The molecule has 1 aromatic carbocycles. The van der Waals surface area contributed by atoms with Crippen molar-refractivity contribution in [2.45, 2.75) is 32.0 Å². The van der Waals surface area contributed by atoms with Crippen LogP contribution in [0.1, 0.15) is 31.4 Å². The molecule has 0 amide bonds. The summed E-state index contributed by atoms with van der Waals surface area (Å²) in [7, 11) is 0. The summed E-state index contributed by atoms with van der Waals surface area (Å²) in [5, 5.41) is 9.00. The van der Waals surface area contributed by atoms with Crippen LogP contribution in [0.5, 0.6) is 5.75 Å². The number of rotatable bonds is 5. The first-order valence-electron chi connectivity index (χ1n) is 5.42. The second-order valence-electron chi connectivity index (χ2n) is 3.72. The van der Waals surface area contributed by atoms with Gasteiger partial charge in [-0.05, 0) is 24.1 Å². The smallest absolute Gasteiger partial charge is 0.418 e. The highest BCUT2D eigenvalue weighted by atomic mass is 19.4. The summed E-state index contributed by atoms with van der Waals surface area (Å²) in [6, 6.07) is 5.30. The highest BCUT2D eigenvalue weighted by Crippen LogP contribution is 2.32. The maximum Gasteiger partial charge on any atom is 0.418 e. The monoisotopic (exact) mass is 248 g/mol. The molecular formula is C12H15F3O2. The summed E-state index contributed by atoms with van der Waals surface area (Å²) in [6.07, 6.45) is -5.19. The molecule has 0 aliphatic rings. The molecule has 0 heterocycles. The Morgan fingerprint density at radius 3 is 2.29 bits per heavy atom. The fourth-order valence-electron chi connectivity index (χ4n) is 1.27. The van der Waals surface area contributed by atoms with E-state index in [1.54, 1.807) is 0 Å². The SMILES string of the molecule is CCCCOc1ccc(C(O)C(F)(F)F)cc1. The average Bonchev–Trinajstić information content (AvgIpc) is 2.28. The van der Waals surface area contributed by atoms with E-state index in [2.05, 4.69) is 0 Å². The molecule has 17 heavy (non-hydrogen) atoms. The Morgan fingerprint density at radius 1 is 1.24 bits per heavy atom. The second-order valence-corrected chi connectivity index (χ2v) is 3.72. The predicted octanol–water partition coefficient (Wildman–Crippen LogP) is 3.46. The van der Waals surface area contributed by atoms with Crippen LogP contribution in [0.3, 0.4) is 0 Å². The van der Waals surface area contributed by atoms with E-state index in [0.29, 0.717) is 12.4 Å². The number of benzene rings is 1. The molecule has 1 N–H and O–H groups in total. The van der Waals surface area contributed by atoms with E-state index in [0.717, 1.165) is 12.8 Å². The van der Waals surface area contributed by atoms with Gasteiger partial charge in [-0.15, -0.1) is 0 Å². The van der Waals surface area contributed by atoms with Gasteiger partial charge in [-0.25, -0.2) is 0 Å². The number of hydrogen-bond donors (Lipinski definition) is 1. The molecule has 1 unspecified atom stereocenters. The van der Waals surface area contributed by atoms with Crippen molar-refractivity contribution in [1.29, 1.82) is 0 Å². The van der Waals surface area contributed by atoms with Crippen LogP contribution >= 0.6 is 0 Å². The zero-order valence-electron chi connectivity index (χ0n) is 9.50. The van der Waals surface area contributed by atoms with Gasteiger partial charge >= 0.3 is 6.18 Å². The summed E-state index contributed by atoms with van der Waals surface area (Å²) >= 11 is 0. The van der Waals surface area contributed by atoms with Crippen LogP contribution in [0.15, 0.2) is 24.3 Å². The minimum absolute atomic E-state index is 0.180. The van der Waals surface area contributed by atoms with Gasteiger partial charge in [0.15, 0.2) is 6.10 Å². The topological polar surface area (TPSA) is 29.5 Å². The lowest BCUT2D eigenvalue weighted by Crippen LogP contribution is -2.20. The van der Waals surface area contributed by atoms with Crippen LogP contribution in [-0.4, -0.2) is 17.9 Å². The van der Waals surface area contributed by atoms with Crippen molar-refractivity contribution in [1.82, 2.24) is 0 Å². The van der Waals surface area contributed by atoms with Gasteiger partial charge in [-0.1, -0.05) is 25.5 Å². The molecule has 1 atom stereocenters. The fourth-order valence-corrected chi connectivity index (χ4v) is 1.27. The van der Waals surface area contributed by atoms with E-state index in [4.69, 9.17) is 9.84 Å². The van der Waals surface area contributed by atoms with Crippen LogP contribution < -0.4 is 4.74 Å². The van der Waals surface area contributed by atoms with Gasteiger partial charge in [-0.3, -0.25) is 0 Å². The zero-order valence-corrected chi connectivity index (χ0v) is 9.50. The maximum absolute atomic E-state index is 12.2. The largest absolute Gasteiger partial charge is 0.494 e. The van der Waals surface area contributed by atoms with Gasteiger partial charge in [0, 0.05) is 0 Å². The maximum atomic E-state index is 12.2. The van der Waals surface area contributed by atoms with E-state index >= 15 is 0 Å². The molecule has 0 aromatic heterocycles. The Kier molecular flexibility index (Phi) is 4.81. The van der Waals surface area contributed by atoms with Gasteiger partial charge in [0.05, 0.1) is 6.61 Å². The van der Waals surface area contributed by atoms with Crippen LogP contribution in [0, 0.1) is 0 Å². The molecule has 0 bridgehead atoms. The van der Waals surface area contributed by atoms with Crippen LogP contribution in [0.4, 0.5) is 13.2 Å². The normalized spacial score (nSPS) is 13.5. The molecular weight excluding hydrogens is 233 g/mol.